The first kappa shape index (κ1) is 13.3. The van der Waals surface area contributed by atoms with E-state index in [1.165, 1.54) is 12.1 Å². The zero-order chi connectivity index (χ0) is 14.1. The van der Waals surface area contributed by atoms with Crippen LogP contribution in [0.3, 0.4) is 0 Å². The fraction of sp³-hybridized carbons (Fsp3) is 0.438. The lowest BCUT2D eigenvalue weighted by Crippen LogP contribution is -2.34. The van der Waals surface area contributed by atoms with Crippen LogP contribution >= 0.6 is 0 Å². The van der Waals surface area contributed by atoms with Gasteiger partial charge in [-0.15, -0.1) is 0 Å². The maximum Gasteiger partial charge on any atom is 0.202 e. The molecule has 1 fully saturated rings. The molecular formula is C16H18FNO2. The lowest BCUT2D eigenvalue weighted by atomic mass is 9.90. The summed E-state index contributed by atoms with van der Waals surface area (Å²) in [6.07, 6.45) is 4.93. The highest BCUT2D eigenvalue weighted by Crippen LogP contribution is 2.28. The molecule has 20 heavy (non-hydrogen) atoms. The Morgan fingerprint density at radius 1 is 1.20 bits per heavy atom. The highest BCUT2D eigenvalue weighted by Gasteiger charge is 2.29. The molecule has 1 saturated carbocycles. The maximum atomic E-state index is 13.2. The van der Waals surface area contributed by atoms with E-state index >= 15 is 0 Å². The molecule has 3 rings (SSSR count). The van der Waals surface area contributed by atoms with E-state index in [2.05, 4.69) is 0 Å². The molecule has 2 aromatic rings. The Morgan fingerprint density at radius 2 is 2.00 bits per heavy atom. The van der Waals surface area contributed by atoms with Crippen molar-refractivity contribution in [2.45, 2.75) is 38.1 Å². The van der Waals surface area contributed by atoms with Gasteiger partial charge in [0.25, 0.3) is 0 Å². The Morgan fingerprint density at radius 3 is 2.85 bits per heavy atom. The zero-order valence-electron chi connectivity index (χ0n) is 11.3. The number of furan rings is 1. The summed E-state index contributed by atoms with van der Waals surface area (Å²) in [4.78, 5) is 12.5. The second-order valence-electron chi connectivity index (χ2n) is 5.57. The van der Waals surface area contributed by atoms with Gasteiger partial charge in [0.2, 0.25) is 5.78 Å². The summed E-state index contributed by atoms with van der Waals surface area (Å²) in [6, 6.07) is 5.78. The van der Waals surface area contributed by atoms with Crippen LogP contribution in [-0.4, -0.2) is 11.8 Å². The van der Waals surface area contributed by atoms with Crippen LogP contribution in [0.2, 0.25) is 0 Å². The van der Waals surface area contributed by atoms with E-state index in [4.69, 9.17) is 10.2 Å². The molecule has 2 atom stereocenters. The topological polar surface area (TPSA) is 56.2 Å². The largest absolute Gasteiger partial charge is 0.453 e. The van der Waals surface area contributed by atoms with Crippen molar-refractivity contribution in [1.82, 2.24) is 0 Å². The van der Waals surface area contributed by atoms with E-state index in [0.29, 0.717) is 16.7 Å². The molecule has 3 nitrogen and oxygen atoms in total. The van der Waals surface area contributed by atoms with Crippen LogP contribution in [0.1, 0.15) is 42.7 Å². The molecule has 1 heterocycles. The van der Waals surface area contributed by atoms with Crippen LogP contribution in [0.4, 0.5) is 4.39 Å². The summed E-state index contributed by atoms with van der Waals surface area (Å²) < 4.78 is 18.7. The van der Waals surface area contributed by atoms with Gasteiger partial charge in [0.1, 0.15) is 11.4 Å². The van der Waals surface area contributed by atoms with Crippen LogP contribution in [0.5, 0.6) is 0 Å². The van der Waals surface area contributed by atoms with Gasteiger partial charge in [-0.3, -0.25) is 4.79 Å². The molecule has 1 aromatic carbocycles. The van der Waals surface area contributed by atoms with Crippen LogP contribution in [0, 0.1) is 11.7 Å². The minimum atomic E-state index is -0.330. The average molecular weight is 275 g/mol. The quantitative estimate of drug-likeness (QED) is 0.672. The predicted molar refractivity (Wildman–Crippen MR) is 75.1 cm³/mol. The fourth-order valence-electron chi connectivity index (χ4n) is 2.98. The summed E-state index contributed by atoms with van der Waals surface area (Å²) in [5, 5.41) is 0.621. The highest BCUT2D eigenvalue weighted by atomic mass is 19.1. The molecule has 0 spiro atoms. The van der Waals surface area contributed by atoms with Crippen molar-refractivity contribution in [2.75, 3.05) is 0 Å². The number of carbonyl (C=O) groups is 1. The zero-order valence-corrected chi connectivity index (χ0v) is 11.3. The van der Waals surface area contributed by atoms with Crippen LogP contribution in [0.25, 0.3) is 11.0 Å². The molecule has 0 aliphatic heterocycles. The van der Waals surface area contributed by atoms with Gasteiger partial charge in [-0.25, -0.2) is 4.39 Å². The van der Waals surface area contributed by atoms with Gasteiger partial charge in [-0.1, -0.05) is 19.3 Å². The summed E-state index contributed by atoms with van der Waals surface area (Å²) >= 11 is 0. The summed E-state index contributed by atoms with van der Waals surface area (Å²) in [5.41, 5.74) is 6.65. The third kappa shape index (κ3) is 2.48. The number of carbonyl (C=O) groups excluding carboxylic acids is 1. The third-order valence-electron chi connectivity index (χ3n) is 4.13. The van der Waals surface area contributed by atoms with E-state index in [0.717, 1.165) is 32.1 Å². The Balaban J connectivity index is 1.91. The number of nitrogens with two attached hydrogens (primary N) is 1. The lowest BCUT2D eigenvalue weighted by molar-refractivity contribution is 0.0868. The van der Waals surface area contributed by atoms with Crippen molar-refractivity contribution < 1.29 is 13.6 Å². The van der Waals surface area contributed by atoms with Crippen molar-refractivity contribution in [1.29, 1.82) is 0 Å². The molecule has 0 bridgehead atoms. The number of Topliss-reactive ketones (excluding diaryl/α,β-unsaturated/α-hetero) is 1. The lowest BCUT2D eigenvalue weighted by Gasteiger charge is -2.18. The normalized spacial score (nSPS) is 23.7. The Bertz CT molecular complexity index is 634. The van der Waals surface area contributed by atoms with Gasteiger partial charge in [-0.2, -0.15) is 0 Å². The van der Waals surface area contributed by atoms with Crippen molar-refractivity contribution in [3.8, 4) is 0 Å². The number of rotatable bonds is 2. The van der Waals surface area contributed by atoms with Crippen LogP contribution < -0.4 is 5.73 Å². The summed E-state index contributed by atoms with van der Waals surface area (Å²) in [7, 11) is 0. The van der Waals surface area contributed by atoms with Gasteiger partial charge in [0.15, 0.2) is 5.76 Å². The third-order valence-corrected chi connectivity index (χ3v) is 4.13. The maximum absolute atomic E-state index is 13.2. The minimum Gasteiger partial charge on any atom is -0.453 e. The molecule has 4 heteroatoms. The first-order valence-electron chi connectivity index (χ1n) is 7.14. The number of halogens is 1. The predicted octanol–water partition coefficient (Wildman–Crippen LogP) is 3.66. The van der Waals surface area contributed by atoms with Gasteiger partial charge in [0, 0.05) is 17.3 Å². The van der Waals surface area contributed by atoms with Crippen molar-refractivity contribution in [2.24, 2.45) is 11.7 Å². The molecule has 1 aromatic heterocycles. The monoisotopic (exact) mass is 275 g/mol. The summed E-state index contributed by atoms with van der Waals surface area (Å²) in [5.74, 6) is -0.254. The minimum absolute atomic E-state index is 0.0454. The number of hydrogen-bond acceptors (Lipinski definition) is 3. The number of hydrogen-bond donors (Lipinski definition) is 1. The molecule has 0 radical (unpaired) electrons. The fourth-order valence-corrected chi connectivity index (χ4v) is 2.98. The van der Waals surface area contributed by atoms with Crippen molar-refractivity contribution >= 4 is 16.8 Å². The second kappa shape index (κ2) is 5.37. The van der Waals surface area contributed by atoms with Gasteiger partial charge >= 0.3 is 0 Å². The molecule has 2 unspecified atom stereocenters. The SMILES string of the molecule is NC1CCCCCC1C(=O)c1cc2cc(F)ccc2o1. The molecule has 2 N–H and O–H groups in total. The van der Waals surface area contributed by atoms with E-state index in [1.807, 2.05) is 0 Å². The molecule has 0 saturated heterocycles. The Kier molecular flexibility index (Phi) is 3.57. The number of fused-ring (bicyclic) bond motifs is 1. The standard InChI is InChI=1S/C16H18FNO2/c17-11-6-7-14-10(8-11)9-15(20-14)16(19)12-4-2-1-3-5-13(12)18/h6-9,12-13H,1-5,18H2. The first-order valence-corrected chi connectivity index (χ1v) is 7.14. The second-order valence-corrected chi connectivity index (χ2v) is 5.57. The van der Waals surface area contributed by atoms with Gasteiger partial charge in [0.05, 0.1) is 0 Å². The highest BCUT2D eigenvalue weighted by molar-refractivity contribution is 5.99. The molecule has 1 aliphatic carbocycles. The van der Waals surface area contributed by atoms with Crippen molar-refractivity contribution in [3.63, 3.8) is 0 Å². The van der Waals surface area contributed by atoms with E-state index in [1.54, 1.807) is 12.1 Å². The van der Waals surface area contributed by atoms with E-state index < -0.39 is 0 Å². The van der Waals surface area contributed by atoms with E-state index in [-0.39, 0.29) is 23.6 Å². The average Bonchev–Trinajstić information content (AvgIpc) is 2.72. The molecule has 0 amide bonds. The smallest absolute Gasteiger partial charge is 0.202 e. The molecule has 1 aliphatic rings. The molecule has 106 valence electrons. The van der Waals surface area contributed by atoms with Gasteiger partial charge in [-0.05, 0) is 37.1 Å². The van der Waals surface area contributed by atoms with Crippen molar-refractivity contribution in [3.05, 3.63) is 35.8 Å². The first-order chi connectivity index (χ1) is 9.65. The summed E-state index contributed by atoms with van der Waals surface area (Å²) in [6.45, 7) is 0. The van der Waals surface area contributed by atoms with Crippen LogP contribution in [-0.2, 0) is 0 Å². The molecular weight excluding hydrogens is 257 g/mol. The Hall–Kier alpha value is -1.68. The van der Waals surface area contributed by atoms with E-state index in [9.17, 15) is 9.18 Å². The van der Waals surface area contributed by atoms with Crippen LogP contribution in [0.15, 0.2) is 28.7 Å². The number of benzene rings is 1. The number of ketones is 1. The Labute approximate surface area is 116 Å². The van der Waals surface area contributed by atoms with Gasteiger partial charge < -0.3 is 10.2 Å².